The zero-order chi connectivity index (χ0) is 53.8. The second-order valence-electron chi connectivity index (χ2n) is 19.2. The summed E-state index contributed by atoms with van der Waals surface area (Å²) in [5.74, 6) is -1.52. The standard InChI is InChI=1S/C50H57N3O17S4/c1-49(2)39-31-36(71-70-69-57)18-22-41(39)52(29-8-9-30-72(58,59)60)43(49)24-14-33-11-10-12-34(48(33)67-35-16-19-37(20-17-35)73(61,62)63)15-25-44-50(3,4)40-32-38(74(64,65)66)21-23-42(40)51(44)28-7-5-6-13-47(56)68-53-45(54)26-27-46(53)55/h14-25,31-32H,5-13,26-30H2,1-4H3,(H3-,57,58,59,60,61,62,63,64,65,66). The predicted molar refractivity (Wildman–Crippen MR) is 268 cm³/mol. The molecule has 2 amide bonds. The Hall–Kier alpha value is -5.54. The summed E-state index contributed by atoms with van der Waals surface area (Å²) in [5.41, 5.74) is 4.70. The van der Waals surface area contributed by atoms with E-state index in [1.165, 1.54) is 36.4 Å². The summed E-state index contributed by atoms with van der Waals surface area (Å²) in [6.45, 7) is 8.71. The average Bonchev–Trinajstić information content (AvgIpc) is 3.84. The normalized spacial score (nSPS) is 18.9. The van der Waals surface area contributed by atoms with E-state index in [0.717, 1.165) is 45.8 Å². The molecule has 3 heterocycles. The zero-order valence-corrected chi connectivity index (χ0v) is 44.3. The van der Waals surface area contributed by atoms with Crippen molar-refractivity contribution in [3.63, 3.8) is 0 Å². The van der Waals surface area contributed by atoms with E-state index in [4.69, 9.17) is 9.57 Å². The van der Waals surface area contributed by atoms with E-state index in [0.29, 0.717) is 85.0 Å². The van der Waals surface area contributed by atoms with Gasteiger partial charge < -0.3 is 19.7 Å². The van der Waals surface area contributed by atoms with Crippen molar-refractivity contribution in [2.45, 2.75) is 124 Å². The number of imide groups is 1. The van der Waals surface area contributed by atoms with E-state index in [-0.39, 0.29) is 41.2 Å². The molecule has 0 saturated carbocycles. The van der Waals surface area contributed by atoms with E-state index in [2.05, 4.69) is 13.9 Å². The maximum atomic E-state index is 12.5. The molecule has 1 fully saturated rings. The van der Waals surface area contributed by atoms with E-state index in [9.17, 15) is 58.6 Å². The summed E-state index contributed by atoms with van der Waals surface area (Å²) in [4.78, 5) is 43.5. The van der Waals surface area contributed by atoms with E-state index >= 15 is 0 Å². The summed E-state index contributed by atoms with van der Waals surface area (Å²) in [5, 5.41) is 14.8. The molecule has 24 heteroatoms. The number of amides is 2. The Morgan fingerprint density at radius 3 is 2.12 bits per heavy atom. The largest absolute Gasteiger partial charge is 0.691 e. The highest BCUT2D eigenvalue weighted by Gasteiger charge is 2.45. The Balaban J connectivity index is 1.26. The average molecular weight is 1100 g/mol. The summed E-state index contributed by atoms with van der Waals surface area (Å²) in [7, 11) is -13.3. The second-order valence-corrected chi connectivity index (χ2v) is 24.4. The van der Waals surface area contributed by atoms with Crippen molar-refractivity contribution >= 4 is 77.3 Å². The minimum absolute atomic E-state index is 0.0183. The first kappa shape index (κ1) is 56.2. The van der Waals surface area contributed by atoms with Crippen molar-refractivity contribution in [3.05, 3.63) is 119 Å². The Kier molecular flexibility index (Phi) is 17.3. The van der Waals surface area contributed by atoms with Crippen molar-refractivity contribution in [3.8, 4) is 5.75 Å². The number of hydrogen-bond donors (Lipinski definition) is 3. The number of benzene rings is 3. The third-order valence-corrected chi connectivity index (χ3v) is 16.5. The molecule has 1 saturated heterocycles. The number of allylic oxidation sites excluding steroid dienone is 7. The lowest BCUT2D eigenvalue weighted by atomic mass is 9.81. The Morgan fingerprint density at radius 2 is 1.46 bits per heavy atom. The first-order valence-corrected chi connectivity index (χ1v) is 28.9. The quantitative estimate of drug-likeness (QED) is 0.0169. The molecule has 20 nitrogen and oxygen atoms in total. The van der Waals surface area contributed by atoms with Gasteiger partial charge in [0.2, 0.25) is 5.69 Å². The highest BCUT2D eigenvalue weighted by Crippen LogP contribution is 2.49. The highest BCUT2D eigenvalue weighted by molar-refractivity contribution is 7.94. The molecule has 3 aromatic rings. The van der Waals surface area contributed by atoms with Crippen LogP contribution in [0.15, 0.2) is 122 Å². The van der Waals surface area contributed by atoms with Crippen molar-refractivity contribution < 1.29 is 82.1 Å². The van der Waals surface area contributed by atoms with Crippen LogP contribution < -0.4 is 14.9 Å². The number of hydrogen-bond acceptors (Lipinski definition) is 16. The van der Waals surface area contributed by atoms with Gasteiger partial charge in [-0.3, -0.25) is 28.3 Å². The number of nitrogens with zero attached hydrogens (tertiary/aromatic N) is 3. The molecule has 7 rings (SSSR count). The van der Waals surface area contributed by atoms with Gasteiger partial charge in [0.15, 0.2) is 5.71 Å². The number of unbranched alkanes of at least 4 members (excludes halogenated alkanes) is 3. The number of anilines is 1. The van der Waals surface area contributed by atoms with Crippen molar-refractivity contribution in [1.82, 2.24) is 5.06 Å². The first-order chi connectivity index (χ1) is 34.8. The van der Waals surface area contributed by atoms with E-state index < -0.39 is 64.7 Å². The van der Waals surface area contributed by atoms with Crippen LogP contribution in [0.4, 0.5) is 11.4 Å². The van der Waals surface area contributed by atoms with Crippen molar-refractivity contribution in [1.29, 1.82) is 0 Å². The van der Waals surface area contributed by atoms with Gasteiger partial charge in [0.1, 0.15) is 18.1 Å². The Morgan fingerprint density at radius 1 is 0.770 bits per heavy atom. The molecule has 0 spiro atoms. The fourth-order valence-corrected chi connectivity index (χ4v) is 11.6. The molecule has 4 aliphatic rings. The van der Waals surface area contributed by atoms with Crippen LogP contribution in [0, 0.1) is 0 Å². The van der Waals surface area contributed by atoms with Gasteiger partial charge in [-0.1, -0.05) is 26.3 Å². The topological polar surface area (TPSA) is 284 Å². The van der Waals surface area contributed by atoms with Crippen LogP contribution in [0.5, 0.6) is 5.75 Å². The maximum Gasteiger partial charge on any atom is 0.333 e. The SMILES string of the molecule is CC1(C)C(/C=C/C2=C(Oc3ccc(S(=O)(=O)O)cc3)C(=C/C=C3/N(CCCCCC(=O)ON4C(=O)CCC4=O)c4ccc(S(=O)(=O)O)cc4C3(C)C)/CCC2)=[N+](CCCCS(=O)(=O)O)c2ccc(SOO[O-])cc21. The van der Waals surface area contributed by atoms with Gasteiger partial charge in [0.05, 0.1) is 33.0 Å². The number of fused-ring (bicyclic) bond motifs is 2. The molecule has 3 aliphatic heterocycles. The smallest absolute Gasteiger partial charge is 0.333 e. The molecule has 0 atom stereocenters. The maximum absolute atomic E-state index is 12.5. The lowest BCUT2D eigenvalue weighted by Gasteiger charge is -2.27. The van der Waals surface area contributed by atoms with Crippen LogP contribution in [0.25, 0.3) is 0 Å². The van der Waals surface area contributed by atoms with Gasteiger partial charge >= 0.3 is 5.97 Å². The molecular formula is C50H57N3O17S4. The summed E-state index contributed by atoms with van der Waals surface area (Å²) in [6.07, 6.45) is 11.5. The minimum Gasteiger partial charge on any atom is -0.691 e. The van der Waals surface area contributed by atoms with Crippen LogP contribution >= 0.6 is 12.0 Å². The number of carbonyl (C=O) groups excluding carboxylic acids is 3. The van der Waals surface area contributed by atoms with Crippen molar-refractivity contribution in [2.24, 2.45) is 0 Å². The van der Waals surface area contributed by atoms with E-state index in [1.54, 1.807) is 12.1 Å². The fourth-order valence-electron chi connectivity index (χ4n) is 9.64. The fraction of sp³-hybridized carbons (Fsp3) is 0.400. The third kappa shape index (κ3) is 13.1. The molecular weight excluding hydrogens is 1040 g/mol. The Labute approximate surface area is 434 Å². The summed E-state index contributed by atoms with van der Waals surface area (Å²) < 4.78 is 114. The lowest BCUT2D eigenvalue weighted by molar-refractivity contribution is -0.777. The predicted octanol–water partition coefficient (Wildman–Crippen LogP) is 7.30. The van der Waals surface area contributed by atoms with E-state index in [1.807, 2.05) is 69.0 Å². The molecule has 0 aromatic heterocycles. The number of carbonyl (C=O) groups is 3. The van der Waals surface area contributed by atoms with Crippen LogP contribution in [0.3, 0.4) is 0 Å². The van der Waals surface area contributed by atoms with Crippen LogP contribution in [-0.4, -0.2) is 90.9 Å². The summed E-state index contributed by atoms with van der Waals surface area (Å²) >= 11 is 0.748. The van der Waals surface area contributed by atoms with Crippen LogP contribution in [0.2, 0.25) is 0 Å². The molecule has 1 aliphatic carbocycles. The van der Waals surface area contributed by atoms with Gasteiger partial charge in [-0.15, -0.1) is 5.06 Å². The Bertz CT molecular complexity index is 3200. The number of rotatable bonds is 22. The van der Waals surface area contributed by atoms with Gasteiger partial charge in [-0.2, -0.15) is 34.2 Å². The monoisotopic (exact) mass is 1100 g/mol. The second kappa shape index (κ2) is 22.7. The number of ether oxygens (including phenoxy) is 1. The molecule has 3 N–H and O–H groups in total. The van der Waals surface area contributed by atoms with Gasteiger partial charge in [-0.05, 0) is 136 Å². The zero-order valence-electron chi connectivity index (χ0n) is 41.0. The lowest BCUT2D eigenvalue weighted by Crippen LogP contribution is -2.32. The van der Waals surface area contributed by atoms with Crippen LogP contribution in [0.1, 0.15) is 109 Å². The van der Waals surface area contributed by atoms with Crippen molar-refractivity contribution in [2.75, 3.05) is 23.7 Å². The highest BCUT2D eigenvalue weighted by atomic mass is 32.2. The molecule has 3 aromatic carbocycles. The van der Waals surface area contributed by atoms with Gasteiger partial charge in [0, 0.05) is 71.6 Å². The molecule has 0 bridgehead atoms. The first-order valence-electron chi connectivity index (χ1n) is 23.7. The molecule has 0 unspecified atom stereocenters. The van der Waals surface area contributed by atoms with Gasteiger partial charge in [0.25, 0.3) is 42.2 Å². The minimum atomic E-state index is -4.57. The van der Waals surface area contributed by atoms with Crippen LogP contribution in [-0.2, 0) is 69.8 Å². The summed E-state index contributed by atoms with van der Waals surface area (Å²) in [6, 6.07) is 15.2. The molecule has 74 heavy (non-hydrogen) atoms. The number of hydroxylamine groups is 2. The van der Waals surface area contributed by atoms with Gasteiger partial charge in [-0.25, -0.2) is 4.79 Å². The third-order valence-electron chi connectivity index (χ3n) is 13.4. The molecule has 398 valence electrons. The molecule has 0 radical (unpaired) electrons.